The Labute approximate surface area is 133 Å². The Bertz CT molecular complexity index is 418. The van der Waals surface area contributed by atoms with Crippen LogP contribution in [0.4, 0.5) is 0 Å². The Morgan fingerprint density at radius 3 is 2.36 bits per heavy atom. The third-order valence-electron chi connectivity index (χ3n) is 2.59. The van der Waals surface area contributed by atoms with Crippen molar-refractivity contribution in [3.63, 3.8) is 0 Å². The van der Waals surface area contributed by atoms with Crippen LogP contribution in [0.3, 0.4) is 0 Å². The van der Waals surface area contributed by atoms with Crippen LogP contribution in [-0.4, -0.2) is 59.8 Å². The van der Waals surface area contributed by atoms with Crippen LogP contribution in [0.2, 0.25) is 0 Å². The zero-order valence-electron chi connectivity index (χ0n) is 12.2. The highest BCUT2D eigenvalue weighted by Gasteiger charge is 2.25. The molecule has 0 aliphatic carbocycles. The lowest BCUT2D eigenvalue weighted by Gasteiger charge is -2.21. The third-order valence-corrected chi connectivity index (χ3v) is 2.96. The number of carboxylic acid groups (broad SMARTS) is 1. The van der Waals surface area contributed by atoms with E-state index in [2.05, 4.69) is 28.0 Å². The number of aliphatic carboxylic acids is 1. The number of rotatable bonds is 11. The van der Waals surface area contributed by atoms with Gasteiger partial charge in [-0.1, -0.05) is 0 Å². The van der Waals surface area contributed by atoms with Crippen molar-refractivity contribution in [1.29, 1.82) is 0 Å². The number of esters is 1. The van der Waals surface area contributed by atoms with E-state index in [9.17, 15) is 19.2 Å². The number of ether oxygens (including phenoxy) is 1. The molecule has 0 saturated heterocycles. The average Bonchev–Trinajstić information content (AvgIpc) is 2.44. The van der Waals surface area contributed by atoms with Gasteiger partial charge in [-0.05, 0) is 13.3 Å². The van der Waals surface area contributed by atoms with Crippen LogP contribution in [0.15, 0.2) is 0 Å². The fraction of sp³-hybridized carbons (Fsp3) is 0.667. The minimum Gasteiger partial charge on any atom is -0.480 e. The number of primary amides is 1. The highest BCUT2D eigenvalue weighted by molar-refractivity contribution is 7.80. The molecule has 0 aliphatic heterocycles. The van der Waals surface area contributed by atoms with Crippen molar-refractivity contribution in [3.8, 4) is 0 Å². The van der Waals surface area contributed by atoms with Gasteiger partial charge in [0.2, 0.25) is 11.8 Å². The molecule has 126 valence electrons. The molecular weight excluding hydrogens is 314 g/mol. The zero-order valence-corrected chi connectivity index (χ0v) is 13.1. The standard InChI is InChI=1S/C12H21N3O6S/c1-2-21-10(17)5-14-11(18)8(6-22)15-7(12(19)20)3-4-9(13)16/h7-8,15,22H,2-6H2,1H3,(H2,13,16)(H,14,18)(H,19,20)/t7-,8?/m0/s1. The summed E-state index contributed by atoms with van der Waals surface area (Å²) in [6.45, 7) is 1.50. The summed E-state index contributed by atoms with van der Waals surface area (Å²) in [6.07, 6.45) is -0.187. The van der Waals surface area contributed by atoms with Crippen molar-refractivity contribution in [1.82, 2.24) is 10.6 Å². The first-order valence-electron chi connectivity index (χ1n) is 6.63. The van der Waals surface area contributed by atoms with Gasteiger partial charge < -0.3 is 20.9 Å². The molecule has 2 atom stereocenters. The monoisotopic (exact) mass is 335 g/mol. The highest BCUT2D eigenvalue weighted by Crippen LogP contribution is 2.01. The van der Waals surface area contributed by atoms with Crippen molar-refractivity contribution >= 4 is 36.4 Å². The molecule has 0 aromatic carbocycles. The molecule has 22 heavy (non-hydrogen) atoms. The molecule has 10 heteroatoms. The van der Waals surface area contributed by atoms with E-state index in [4.69, 9.17) is 10.8 Å². The van der Waals surface area contributed by atoms with Gasteiger partial charge in [0.25, 0.3) is 0 Å². The van der Waals surface area contributed by atoms with Gasteiger partial charge in [-0.25, -0.2) is 0 Å². The minimum absolute atomic E-state index is 0.00894. The van der Waals surface area contributed by atoms with E-state index in [-0.39, 0.29) is 31.7 Å². The van der Waals surface area contributed by atoms with Crippen LogP contribution in [-0.2, 0) is 23.9 Å². The Hall–Kier alpha value is -1.81. The molecule has 0 radical (unpaired) electrons. The van der Waals surface area contributed by atoms with Gasteiger partial charge in [-0.15, -0.1) is 0 Å². The maximum Gasteiger partial charge on any atom is 0.325 e. The number of carboxylic acids is 1. The average molecular weight is 335 g/mol. The minimum atomic E-state index is -1.22. The van der Waals surface area contributed by atoms with E-state index >= 15 is 0 Å². The van der Waals surface area contributed by atoms with Gasteiger partial charge in [-0.2, -0.15) is 12.6 Å². The summed E-state index contributed by atoms with van der Waals surface area (Å²) in [6, 6.07) is -2.07. The molecule has 9 nitrogen and oxygen atoms in total. The molecule has 1 unspecified atom stereocenters. The molecule has 0 aromatic heterocycles. The number of nitrogens with one attached hydrogen (secondary N) is 2. The summed E-state index contributed by atoms with van der Waals surface area (Å²) in [4.78, 5) is 44.8. The molecular formula is C12H21N3O6S. The maximum atomic E-state index is 11.9. The van der Waals surface area contributed by atoms with Gasteiger partial charge in [0.15, 0.2) is 0 Å². The topological polar surface area (TPSA) is 148 Å². The molecule has 0 bridgehead atoms. The van der Waals surface area contributed by atoms with Crippen molar-refractivity contribution in [2.75, 3.05) is 18.9 Å². The quantitative estimate of drug-likeness (QED) is 0.223. The van der Waals surface area contributed by atoms with Crippen LogP contribution >= 0.6 is 12.6 Å². The summed E-state index contributed by atoms with van der Waals surface area (Å²) in [7, 11) is 0. The number of nitrogens with two attached hydrogens (primary N) is 1. The zero-order chi connectivity index (χ0) is 17.1. The predicted octanol–water partition coefficient (Wildman–Crippen LogP) is -1.73. The molecule has 0 saturated carbocycles. The Balaban J connectivity index is 4.51. The number of thiol groups is 1. The molecule has 0 fully saturated rings. The second kappa shape index (κ2) is 10.9. The van der Waals surface area contributed by atoms with E-state index in [0.29, 0.717) is 0 Å². The van der Waals surface area contributed by atoms with Gasteiger partial charge in [0.1, 0.15) is 12.6 Å². The van der Waals surface area contributed by atoms with Crippen LogP contribution < -0.4 is 16.4 Å². The molecule has 0 spiro atoms. The molecule has 0 aromatic rings. The Morgan fingerprint density at radius 1 is 1.27 bits per heavy atom. The van der Waals surface area contributed by atoms with Crippen LogP contribution in [0.1, 0.15) is 19.8 Å². The third kappa shape index (κ3) is 8.47. The number of carbonyl (C=O) groups excluding carboxylic acids is 3. The van der Waals surface area contributed by atoms with E-state index < -0.39 is 35.8 Å². The van der Waals surface area contributed by atoms with Crippen molar-refractivity contribution in [2.45, 2.75) is 31.8 Å². The number of hydrogen-bond donors (Lipinski definition) is 5. The van der Waals surface area contributed by atoms with Gasteiger partial charge in [0.05, 0.1) is 12.6 Å². The Morgan fingerprint density at radius 2 is 1.91 bits per heavy atom. The second-order valence-corrected chi connectivity index (χ2v) is 4.69. The van der Waals surface area contributed by atoms with Gasteiger partial charge >= 0.3 is 11.9 Å². The number of amides is 2. The lowest BCUT2D eigenvalue weighted by atomic mass is 10.1. The second-order valence-electron chi connectivity index (χ2n) is 4.32. The smallest absolute Gasteiger partial charge is 0.325 e. The summed E-state index contributed by atoms with van der Waals surface area (Å²) >= 11 is 3.97. The van der Waals surface area contributed by atoms with E-state index in [1.165, 1.54) is 0 Å². The summed E-state index contributed by atoms with van der Waals surface area (Å²) in [5, 5.41) is 13.9. The van der Waals surface area contributed by atoms with Crippen molar-refractivity contribution in [2.24, 2.45) is 5.73 Å². The van der Waals surface area contributed by atoms with Crippen LogP contribution in [0.5, 0.6) is 0 Å². The van der Waals surface area contributed by atoms with Crippen molar-refractivity contribution < 1.29 is 29.0 Å². The summed E-state index contributed by atoms with van der Waals surface area (Å²) < 4.78 is 4.65. The largest absolute Gasteiger partial charge is 0.480 e. The highest BCUT2D eigenvalue weighted by atomic mass is 32.1. The normalized spacial score (nSPS) is 13.0. The number of hydrogen-bond acceptors (Lipinski definition) is 7. The molecule has 0 rings (SSSR count). The van der Waals surface area contributed by atoms with E-state index in [1.807, 2.05) is 0 Å². The molecule has 0 aliphatic rings. The van der Waals surface area contributed by atoms with Crippen LogP contribution in [0.25, 0.3) is 0 Å². The SMILES string of the molecule is CCOC(=O)CNC(=O)C(CS)N[C@@H](CCC(N)=O)C(=O)O. The first-order valence-corrected chi connectivity index (χ1v) is 7.26. The fourth-order valence-corrected chi connectivity index (χ4v) is 1.78. The van der Waals surface area contributed by atoms with E-state index in [1.54, 1.807) is 6.92 Å². The van der Waals surface area contributed by atoms with Gasteiger partial charge in [0, 0.05) is 12.2 Å². The van der Waals surface area contributed by atoms with Crippen molar-refractivity contribution in [3.05, 3.63) is 0 Å². The first-order chi connectivity index (χ1) is 10.3. The summed E-state index contributed by atoms with van der Waals surface area (Å²) in [5.41, 5.74) is 4.97. The lowest BCUT2D eigenvalue weighted by Crippen LogP contribution is -2.52. The first kappa shape index (κ1) is 20.2. The lowest BCUT2D eigenvalue weighted by molar-refractivity contribution is -0.144. The summed E-state index contributed by atoms with van der Waals surface area (Å²) in [5.74, 6) is -3.03. The maximum absolute atomic E-state index is 11.9. The van der Waals surface area contributed by atoms with Crippen LogP contribution in [0, 0.1) is 0 Å². The predicted molar refractivity (Wildman–Crippen MR) is 80.3 cm³/mol. The molecule has 2 amide bonds. The Kier molecular flexibility index (Phi) is 9.96. The molecule has 5 N–H and O–H groups in total. The van der Waals surface area contributed by atoms with Gasteiger partial charge in [-0.3, -0.25) is 24.5 Å². The van der Waals surface area contributed by atoms with E-state index in [0.717, 1.165) is 0 Å². The number of carbonyl (C=O) groups is 4. The fourth-order valence-electron chi connectivity index (χ4n) is 1.51. The molecule has 0 heterocycles.